The molecule has 2 heteroatoms. The lowest BCUT2D eigenvalue weighted by Gasteiger charge is -2.36. The fourth-order valence-electron chi connectivity index (χ4n) is 3.30. The summed E-state index contributed by atoms with van der Waals surface area (Å²) in [7, 11) is 0. The van der Waals surface area contributed by atoms with Crippen LogP contribution in [0.1, 0.15) is 38.7 Å². The van der Waals surface area contributed by atoms with Crippen molar-refractivity contribution in [2.45, 2.75) is 45.1 Å². The van der Waals surface area contributed by atoms with Crippen molar-refractivity contribution >= 4 is 11.4 Å². The zero-order valence-corrected chi connectivity index (χ0v) is 10.9. The van der Waals surface area contributed by atoms with Crippen molar-refractivity contribution in [2.24, 2.45) is 0 Å². The summed E-state index contributed by atoms with van der Waals surface area (Å²) in [6.45, 7) is 7.08. The number of hydrogen-bond acceptors (Lipinski definition) is 2. The average molecular weight is 230 g/mol. The van der Waals surface area contributed by atoms with E-state index < -0.39 is 0 Å². The Balaban J connectivity index is 2.03. The number of benzene rings is 1. The van der Waals surface area contributed by atoms with Gasteiger partial charge in [0.1, 0.15) is 0 Å². The number of hydrogen-bond donors (Lipinski definition) is 1. The van der Waals surface area contributed by atoms with E-state index in [9.17, 15) is 0 Å². The second-order valence-electron chi connectivity index (χ2n) is 5.90. The van der Waals surface area contributed by atoms with Crippen LogP contribution in [0.2, 0.25) is 0 Å². The smallest absolute Gasteiger partial charge is 0.0424 e. The molecule has 0 saturated carbocycles. The van der Waals surface area contributed by atoms with E-state index in [-0.39, 0.29) is 0 Å². The zero-order chi connectivity index (χ0) is 11.9. The molecule has 0 atom stereocenters. The highest BCUT2D eigenvalue weighted by Gasteiger charge is 2.33. The summed E-state index contributed by atoms with van der Waals surface area (Å²) >= 11 is 0. The third-order valence-corrected chi connectivity index (χ3v) is 4.26. The van der Waals surface area contributed by atoms with Crippen LogP contribution in [0.4, 0.5) is 11.4 Å². The number of nitrogens with one attached hydrogen (secondary N) is 1. The lowest BCUT2D eigenvalue weighted by molar-refractivity contribution is 0.516. The van der Waals surface area contributed by atoms with Gasteiger partial charge in [0, 0.05) is 30.0 Å². The summed E-state index contributed by atoms with van der Waals surface area (Å²) in [5.41, 5.74) is 4.69. The van der Waals surface area contributed by atoms with Gasteiger partial charge in [-0.1, -0.05) is 6.07 Å². The van der Waals surface area contributed by atoms with Gasteiger partial charge in [-0.15, -0.1) is 0 Å². The minimum atomic E-state index is 0.326. The highest BCUT2D eigenvalue weighted by atomic mass is 15.2. The van der Waals surface area contributed by atoms with E-state index >= 15 is 0 Å². The molecule has 1 N–H and O–H groups in total. The highest BCUT2D eigenvalue weighted by Crippen LogP contribution is 2.39. The standard InChI is InChI=1S/C15H22N2/c1-15(2)9-5-11-17(15)14-8-3-7-13-12(14)6-4-10-16-13/h3,7-8,16H,4-6,9-11H2,1-2H3. The first-order valence-electron chi connectivity index (χ1n) is 6.82. The van der Waals surface area contributed by atoms with Crippen molar-refractivity contribution in [3.63, 3.8) is 0 Å². The van der Waals surface area contributed by atoms with Crippen molar-refractivity contribution in [2.75, 3.05) is 23.3 Å². The van der Waals surface area contributed by atoms with Gasteiger partial charge in [0.05, 0.1) is 0 Å². The van der Waals surface area contributed by atoms with E-state index in [0.29, 0.717) is 5.54 Å². The number of nitrogens with zero attached hydrogens (tertiary/aromatic N) is 1. The van der Waals surface area contributed by atoms with Crippen molar-refractivity contribution < 1.29 is 0 Å². The number of rotatable bonds is 1. The normalized spacial score (nSPS) is 22.1. The maximum absolute atomic E-state index is 3.53. The van der Waals surface area contributed by atoms with Gasteiger partial charge in [-0.3, -0.25) is 0 Å². The van der Waals surface area contributed by atoms with Crippen molar-refractivity contribution in [3.05, 3.63) is 23.8 Å². The fraction of sp³-hybridized carbons (Fsp3) is 0.600. The Hall–Kier alpha value is -1.18. The molecule has 1 saturated heterocycles. The Morgan fingerprint density at radius 1 is 1.24 bits per heavy atom. The molecule has 2 nitrogen and oxygen atoms in total. The highest BCUT2D eigenvalue weighted by molar-refractivity contribution is 5.69. The Morgan fingerprint density at radius 3 is 2.88 bits per heavy atom. The molecule has 92 valence electrons. The molecule has 0 radical (unpaired) electrons. The summed E-state index contributed by atoms with van der Waals surface area (Å²) < 4.78 is 0. The average Bonchev–Trinajstić information content (AvgIpc) is 2.68. The second-order valence-corrected chi connectivity index (χ2v) is 5.90. The van der Waals surface area contributed by atoms with Gasteiger partial charge in [-0.2, -0.15) is 0 Å². The number of fused-ring (bicyclic) bond motifs is 1. The predicted molar refractivity (Wildman–Crippen MR) is 73.9 cm³/mol. The molecular weight excluding hydrogens is 208 g/mol. The molecule has 0 bridgehead atoms. The molecule has 2 aliphatic rings. The molecule has 17 heavy (non-hydrogen) atoms. The van der Waals surface area contributed by atoms with Crippen LogP contribution >= 0.6 is 0 Å². The molecule has 0 amide bonds. The topological polar surface area (TPSA) is 15.3 Å². The molecular formula is C15H22N2. The Morgan fingerprint density at radius 2 is 2.12 bits per heavy atom. The first kappa shape index (κ1) is 10.9. The van der Waals surface area contributed by atoms with Crippen molar-refractivity contribution in [1.29, 1.82) is 0 Å². The summed E-state index contributed by atoms with van der Waals surface area (Å²) in [5.74, 6) is 0. The molecule has 1 aromatic rings. The lowest BCUT2D eigenvalue weighted by atomic mass is 9.97. The van der Waals surface area contributed by atoms with Gasteiger partial charge in [0.2, 0.25) is 0 Å². The minimum absolute atomic E-state index is 0.326. The Bertz CT molecular complexity index is 423. The predicted octanol–water partition coefficient (Wildman–Crippen LogP) is 3.42. The molecule has 0 spiro atoms. The maximum atomic E-state index is 3.53. The van der Waals surface area contributed by atoms with Crippen LogP contribution in [0.25, 0.3) is 0 Å². The molecule has 0 aromatic heterocycles. The summed E-state index contributed by atoms with van der Waals surface area (Å²) in [5, 5.41) is 3.53. The SMILES string of the molecule is CC1(C)CCCN1c1cccc2c1CCCN2. The third kappa shape index (κ3) is 1.80. The Kier molecular flexibility index (Phi) is 2.53. The van der Waals surface area contributed by atoms with E-state index in [0.717, 1.165) is 6.54 Å². The van der Waals surface area contributed by atoms with E-state index in [1.54, 1.807) is 0 Å². The number of anilines is 2. The zero-order valence-electron chi connectivity index (χ0n) is 10.9. The van der Waals surface area contributed by atoms with Gasteiger partial charge < -0.3 is 10.2 Å². The maximum Gasteiger partial charge on any atom is 0.0424 e. The van der Waals surface area contributed by atoms with E-state index in [4.69, 9.17) is 0 Å². The monoisotopic (exact) mass is 230 g/mol. The van der Waals surface area contributed by atoms with E-state index in [1.807, 2.05) is 0 Å². The molecule has 1 aromatic carbocycles. The van der Waals surface area contributed by atoms with Crippen LogP contribution in [-0.2, 0) is 6.42 Å². The van der Waals surface area contributed by atoms with Crippen LogP contribution in [0.15, 0.2) is 18.2 Å². The van der Waals surface area contributed by atoms with Crippen LogP contribution in [0, 0.1) is 0 Å². The summed E-state index contributed by atoms with van der Waals surface area (Å²) in [6.07, 6.45) is 5.12. The fourth-order valence-corrected chi connectivity index (χ4v) is 3.30. The second kappa shape index (κ2) is 3.94. The van der Waals surface area contributed by atoms with E-state index in [1.165, 1.54) is 49.2 Å². The van der Waals surface area contributed by atoms with Crippen LogP contribution in [-0.4, -0.2) is 18.6 Å². The Labute approximate surface area is 104 Å². The van der Waals surface area contributed by atoms with Crippen LogP contribution in [0.3, 0.4) is 0 Å². The minimum Gasteiger partial charge on any atom is -0.385 e. The molecule has 3 rings (SSSR count). The first-order valence-corrected chi connectivity index (χ1v) is 6.82. The molecule has 1 fully saturated rings. The van der Waals surface area contributed by atoms with E-state index in [2.05, 4.69) is 42.3 Å². The molecule has 0 unspecified atom stereocenters. The van der Waals surface area contributed by atoms with Crippen molar-refractivity contribution in [3.8, 4) is 0 Å². The van der Waals surface area contributed by atoms with Gasteiger partial charge in [-0.25, -0.2) is 0 Å². The van der Waals surface area contributed by atoms with Crippen LogP contribution < -0.4 is 10.2 Å². The largest absolute Gasteiger partial charge is 0.385 e. The van der Waals surface area contributed by atoms with Gasteiger partial charge in [0.25, 0.3) is 0 Å². The molecule has 0 aliphatic carbocycles. The quantitative estimate of drug-likeness (QED) is 0.795. The summed E-state index contributed by atoms with van der Waals surface area (Å²) in [4.78, 5) is 2.61. The van der Waals surface area contributed by atoms with Gasteiger partial charge in [0.15, 0.2) is 0 Å². The molecule has 2 aliphatic heterocycles. The summed E-state index contributed by atoms with van der Waals surface area (Å²) in [6, 6.07) is 6.72. The van der Waals surface area contributed by atoms with Crippen molar-refractivity contribution in [1.82, 2.24) is 0 Å². The molecule has 2 heterocycles. The van der Waals surface area contributed by atoms with Gasteiger partial charge >= 0.3 is 0 Å². The lowest BCUT2D eigenvalue weighted by Crippen LogP contribution is -2.39. The van der Waals surface area contributed by atoms with Crippen LogP contribution in [0.5, 0.6) is 0 Å². The first-order chi connectivity index (χ1) is 8.18. The third-order valence-electron chi connectivity index (χ3n) is 4.26. The van der Waals surface area contributed by atoms with Gasteiger partial charge in [-0.05, 0) is 57.2 Å².